The van der Waals surface area contributed by atoms with Crippen LogP contribution in [0.2, 0.25) is 0 Å². The van der Waals surface area contributed by atoms with Gasteiger partial charge in [0.15, 0.2) is 11.4 Å². The first-order chi connectivity index (χ1) is 16.6. The molecule has 0 spiro atoms. The molecule has 4 rings (SSSR count). The number of unbranched alkanes of at least 4 members (excludes halogenated alkanes) is 1. The number of nitrogens with one attached hydrogen (secondary N) is 1. The molecule has 0 saturated carbocycles. The number of ether oxygens (including phenoxy) is 2. The number of hydrogen-bond acceptors (Lipinski definition) is 6. The molecule has 34 heavy (non-hydrogen) atoms. The van der Waals surface area contributed by atoms with Crippen LogP contribution in [0.25, 0.3) is 0 Å². The predicted octanol–water partition coefficient (Wildman–Crippen LogP) is 2.98. The first-order valence-electron chi connectivity index (χ1n) is 11.3. The van der Waals surface area contributed by atoms with Crippen molar-refractivity contribution in [3.63, 3.8) is 0 Å². The average molecular weight is 464 g/mol. The lowest BCUT2D eigenvalue weighted by molar-refractivity contribution is 0.0482. The van der Waals surface area contributed by atoms with Crippen molar-refractivity contribution in [3.8, 4) is 11.5 Å². The number of aromatic hydroxyl groups is 1. The summed E-state index contributed by atoms with van der Waals surface area (Å²) in [5, 5.41) is 10.1. The minimum absolute atomic E-state index is 0.0639. The van der Waals surface area contributed by atoms with Gasteiger partial charge in [-0.25, -0.2) is 0 Å². The highest BCUT2D eigenvalue weighted by molar-refractivity contribution is 5.96. The summed E-state index contributed by atoms with van der Waals surface area (Å²) in [6, 6.07) is 19.5. The number of carbonyl (C=O) groups is 1. The number of fused-ring (bicyclic) bond motifs is 1. The van der Waals surface area contributed by atoms with Crippen LogP contribution in [0.4, 0.5) is 0 Å². The van der Waals surface area contributed by atoms with Crippen LogP contribution in [0.15, 0.2) is 71.7 Å². The highest BCUT2D eigenvalue weighted by atomic mass is 16.5. The fourth-order valence-electron chi connectivity index (χ4n) is 4.06. The Morgan fingerprint density at radius 3 is 2.56 bits per heavy atom. The van der Waals surface area contributed by atoms with E-state index >= 15 is 0 Å². The van der Waals surface area contributed by atoms with Gasteiger partial charge in [-0.1, -0.05) is 48.5 Å². The summed E-state index contributed by atoms with van der Waals surface area (Å²) in [6.45, 7) is 1.20. The Labute approximate surface area is 198 Å². The molecule has 1 aliphatic heterocycles. The summed E-state index contributed by atoms with van der Waals surface area (Å²) in [4.78, 5) is 26.5. The fraction of sp³-hybridized carbons (Fsp3) is 0.308. The molecule has 8 nitrogen and oxygen atoms in total. The van der Waals surface area contributed by atoms with Gasteiger partial charge < -0.3 is 24.9 Å². The minimum atomic E-state index is -0.589. The third-order valence-electron chi connectivity index (χ3n) is 5.79. The topological polar surface area (TPSA) is 93.0 Å². The number of para-hydroxylation sites is 1. The summed E-state index contributed by atoms with van der Waals surface area (Å²) in [5.41, 5.74) is 4.81. The molecule has 0 bridgehead atoms. The minimum Gasteiger partial charge on any atom is -0.502 e. The van der Waals surface area contributed by atoms with Crippen molar-refractivity contribution in [3.05, 3.63) is 93.9 Å². The Hall–Kier alpha value is -3.78. The number of nitrogens with zero attached hydrogens (tertiary/aromatic N) is 2. The molecule has 1 aliphatic rings. The summed E-state index contributed by atoms with van der Waals surface area (Å²) in [7, 11) is 1.56. The van der Waals surface area contributed by atoms with Crippen molar-refractivity contribution < 1.29 is 19.4 Å². The Bertz CT molecular complexity index is 1180. The predicted molar refractivity (Wildman–Crippen MR) is 129 cm³/mol. The van der Waals surface area contributed by atoms with Crippen molar-refractivity contribution in [2.75, 3.05) is 32.3 Å². The van der Waals surface area contributed by atoms with Gasteiger partial charge in [-0.3, -0.25) is 14.3 Å². The lowest BCUT2D eigenvalue weighted by Gasteiger charge is -2.38. The number of hydrogen-bond donors (Lipinski definition) is 2. The molecule has 2 N–H and O–H groups in total. The van der Waals surface area contributed by atoms with E-state index in [-0.39, 0.29) is 12.3 Å². The van der Waals surface area contributed by atoms with Crippen molar-refractivity contribution in [2.45, 2.75) is 25.4 Å². The van der Waals surface area contributed by atoms with Crippen LogP contribution in [0.5, 0.6) is 11.5 Å². The van der Waals surface area contributed by atoms with E-state index in [0.717, 1.165) is 24.2 Å². The number of rotatable bonds is 10. The van der Waals surface area contributed by atoms with Crippen LogP contribution in [0, 0.1) is 0 Å². The molecule has 178 valence electrons. The smallest absolute Gasteiger partial charge is 0.278 e. The molecule has 0 fully saturated rings. The molecule has 3 aromatic rings. The van der Waals surface area contributed by atoms with Gasteiger partial charge in [-0.2, -0.15) is 0 Å². The molecular formula is C26H29N3O5. The second kappa shape index (κ2) is 10.9. The molecule has 2 heterocycles. The van der Waals surface area contributed by atoms with Crippen molar-refractivity contribution in [1.29, 1.82) is 0 Å². The van der Waals surface area contributed by atoms with E-state index in [9.17, 15) is 14.7 Å². The van der Waals surface area contributed by atoms with Gasteiger partial charge in [-0.05, 0) is 30.0 Å². The van der Waals surface area contributed by atoms with Crippen molar-refractivity contribution in [1.82, 2.24) is 9.58 Å². The standard InChI is InChI=1S/C26H29N3O5/c1-33-18-23-27-29-15-13-21(30)25(31)24(29)26(32)28(23)14-7-8-16-34-22-12-6-5-11-20(22)17-19-9-3-2-4-10-19/h2-6,9-13,15,23,27,31H,7-8,14,16-18H2,1H3/t23-/m1/s1. The molecular weight excluding hydrogens is 434 g/mol. The first-order valence-corrected chi connectivity index (χ1v) is 11.3. The molecule has 0 radical (unpaired) electrons. The summed E-state index contributed by atoms with van der Waals surface area (Å²) in [5.74, 6) is -0.109. The van der Waals surface area contributed by atoms with Crippen molar-refractivity contribution >= 4 is 5.91 Å². The normalized spacial score (nSPS) is 15.0. The largest absolute Gasteiger partial charge is 0.502 e. The van der Waals surface area contributed by atoms with Crippen LogP contribution in [0.3, 0.4) is 0 Å². The van der Waals surface area contributed by atoms with Crippen LogP contribution in [-0.2, 0) is 11.2 Å². The fourth-order valence-corrected chi connectivity index (χ4v) is 4.06. The third kappa shape index (κ3) is 5.23. The number of pyridine rings is 1. The van der Waals surface area contributed by atoms with Gasteiger partial charge in [0.1, 0.15) is 11.9 Å². The SMILES string of the molecule is COC[C@@H]1Nn2ccc(=O)c(O)c2C(=O)N1CCCCOc1ccccc1Cc1ccccc1. The van der Waals surface area contributed by atoms with Crippen LogP contribution in [-0.4, -0.2) is 53.6 Å². The van der Waals surface area contributed by atoms with E-state index in [1.807, 2.05) is 36.4 Å². The number of aromatic nitrogens is 1. The zero-order valence-corrected chi connectivity index (χ0v) is 19.1. The first kappa shape index (κ1) is 23.4. The number of amides is 1. The summed E-state index contributed by atoms with van der Waals surface area (Å²) < 4.78 is 12.7. The molecule has 0 aliphatic carbocycles. The zero-order chi connectivity index (χ0) is 23.9. The number of methoxy groups -OCH3 is 1. The third-order valence-corrected chi connectivity index (χ3v) is 5.79. The van der Waals surface area contributed by atoms with Crippen LogP contribution >= 0.6 is 0 Å². The van der Waals surface area contributed by atoms with Gasteiger partial charge in [-0.15, -0.1) is 0 Å². The molecule has 1 amide bonds. The van der Waals surface area contributed by atoms with E-state index in [2.05, 4.69) is 23.6 Å². The second-order valence-electron chi connectivity index (χ2n) is 8.17. The number of benzene rings is 2. The second-order valence-corrected chi connectivity index (χ2v) is 8.17. The Kier molecular flexibility index (Phi) is 7.49. The molecule has 0 unspecified atom stereocenters. The quantitative estimate of drug-likeness (QED) is 0.449. The average Bonchev–Trinajstić information content (AvgIpc) is 2.84. The van der Waals surface area contributed by atoms with Crippen molar-refractivity contribution in [2.24, 2.45) is 0 Å². The van der Waals surface area contributed by atoms with Crippen LogP contribution < -0.4 is 15.6 Å². The van der Waals surface area contributed by atoms with E-state index in [4.69, 9.17) is 9.47 Å². The van der Waals surface area contributed by atoms with Gasteiger partial charge in [0.25, 0.3) is 5.91 Å². The maximum Gasteiger partial charge on any atom is 0.278 e. The highest BCUT2D eigenvalue weighted by Crippen LogP contribution is 2.23. The van der Waals surface area contributed by atoms with Gasteiger partial charge in [0, 0.05) is 32.3 Å². The molecule has 1 aromatic heterocycles. The van der Waals surface area contributed by atoms with Crippen LogP contribution in [0.1, 0.15) is 34.5 Å². The van der Waals surface area contributed by atoms with E-state index in [1.165, 1.54) is 22.5 Å². The summed E-state index contributed by atoms with van der Waals surface area (Å²) >= 11 is 0. The maximum absolute atomic E-state index is 13.1. The molecule has 1 atom stereocenters. The van der Waals surface area contributed by atoms with E-state index in [1.54, 1.807) is 12.0 Å². The van der Waals surface area contributed by atoms with Gasteiger partial charge in [0.05, 0.1) is 13.2 Å². The zero-order valence-electron chi connectivity index (χ0n) is 19.1. The lowest BCUT2D eigenvalue weighted by atomic mass is 10.0. The monoisotopic (exact) mass is 463 g/mol. The lowest BCUT2D eigenvalue weighted by Crippen LogP contribution is -2.56. The van der Waals surface area contributed by atoms with Gasteiger partial charge in [0.2, 0.25) is 5.43 Å². The number of carbonyl (C=O) groups excluding carboxylic acids is 1. The molecule has 0 saturated heterocycles. The highest BCUT2D eigenvalue weighted by Gasteiger charge is 2.34. The van der Waals surface area contributed by atoms with E-state index in [0.29, 0.717) is 19.6 Å². The Morgan fingerprint density at radius 1 is 1.00 bits per heavy atom. The Balaban J connectivity index is 1.35. The molecule has 2 aromatic carbocycles. The molecule has 8 heteroatoms. The van der Waals surface area contributed by atoms with E-state index < -0.39 is 23.3 Å². The maximum atomic E-state index is 13.1. The Morgan fingerprint density at radius 2 is 1.76 bits per heavy atom. The summed E-state index contributed by atoms with van der Waals surface area (Å²) in [6.07, 6.45) is 3.24. The van der Waals surface area contributed by atoms with Gasteiger partial charge >= 0.3 is 0 Å².